The summed E-state index contributed by atoms with van der Waals surface area (Å²) < 4.78 is 37.9. The van der Waals surface area contributed by atoms with E-state index in [-0.39, 0.29) is 11.8 Å². The number of alkyl halides is 3. The van der Waals surface area contributed by atoms with E-state index in [0.29, 0.717) is 38.3 Å². The van der Waals surface area contributed by atoms with Crippen LogP contribution < -0.4 is 15.2 Å². The fraction of sp³-hybridized carbons (Fsp3) is 0.400. The first-order valence-corrected chi connectivity index (χ1v) is 9.00. The average molecular weight is 378 g/mol. The minimum Gasteiger partial charge on any atom is -0.352 e. The number of H-pyrrole nitrogens is 1. The smallest absolute Gasteiger partial charge is 0.352 e. The van der Waals surface area contributed by atoms with Crippen molar-refractivity contribution < 1.29 is 22.9 Å². The summed E-state index contributed by atoms with van der Waals surface area (Å²) in [4.78, 5) is 17.1. The second-order valence-corrected chi connectivity index (χ2v) is 6.93. The number of anilines is 1. The van der Waals surface area contributed by atoms with Crippen molar-refractivity contribution in [1.82, 2.24) is 5.32 Å². The number of aryl methyl sites for hydroxylation is 1. The highest BCUT2D eigenvalue weighted by Crippen LogP contribution is 2.29. The van der Waals surface area contributed by atoms with Gasteiger partial charge in [0.25, 0.3) is 5.82 Å². The molecule has 3 rings (SSSR count). The number of pyridine rings is 1. The van der Waals surface area contributed by atoms with E-state index in [2.05, 4.69) is 10.3 Å². The molecule has 0 spiro atoms. The summed E-state index contributed by atoms with van der Waals surface area (Å²) in [7, 11) is 0. The highest BCUT2D eigenvalue weighted by Gasteiger charge is 2.33. The van der Waals surface area contributed by atoms with Crippen LogP contribution in [0.5, 0.6) is 0 Å². The molecule has 1 aliphatic rings. The van der Waals surface area contributed by atoms with Crippen LogP contribution in [0.15, 0.2) is 42.6 Å². The number of carbonyl (C=O) groups excluding carboxylic acids is 1. The lowest BCUT2D eigenvalue weighted by molar-refractivity contribution is -0.367. The molecule has 27 heavy (non-hydrogen) atoms. The monoisotopic (exact) mass is 378 g/mol. The largest absolute Gasteiger partial charge is 0.419 e. The lowest BCUT2D eigenvalue weighted by Gasteiger charge is -2.27. The minimum absolute atomic E-state index is 0.0339. The third kappa shape index (κ3) is 4.99. The molecular weight excluding hydrogens is 355 g/mol. The van der Waals surface area contributed by atoms with E-state index >= 15 is 0 Å². The number of benzene rings is 1. The van der Waals surface area contributed by atoms with Crippen molar-refractivity contribution in [1.29, 1.82) is 0 Å². The first kappa shape index (κ1) is 19.2. The predicted octanol–water partition coefficient (Wildman–Crippen LogP) is 3.36. The number of aromatic amines is 1. The van der Waals surface area contributed by atoms with Gasteiger partial charge in [-0.2, -0.15) is 13.2 Å². The van der Waals surface area contributed by atoms with Gasteiger partial charge < -0.3 is 5.32 Å². The van der Waals surface area contributed by atoms with Crippen LogP contribution in [0, 0.1) is 12.8 Å². The molecule has 7 heteroatoms. The van der Waals surface area contributed by atoms with E-state index in [1.807, 2.05) is 36.1 Å². The Hall–Kier alpha value is -2.57. The van der Waals surface area contributed by atoms with E-state index in [1.165, 1.54) is 11.6 Å². The zero-order chi connectivity index (χ0) is 19.4. The normalized spacial score (nSPS) is 15.6. The predicted molar refractivity (Wildman–Crippen MR) is 96.0 cm³/mol. The Balaban J connectivity index is 1.49. The Kier molecular flexibility index (Phi) is 5.68. The summed E-state index contributed by atoms with van der Waals surface area (Å²) in [5.74, 6) is 0.606. The number of amides is 1. The van der Waals surface area contributed by atoms with Crippen molar-refractivity contribution in [3.8, 4) is 0 Å². The molecule has 144 valence electrons. The molecule has 1 amide bonds. The summed E-state index contributed by atoms with van der Waals surface area (Å²) in [5.41, 5.74) is 1.54. The molecular formula is C20H23F3N3O+. The van der Waals surface area contributed by atoms with Crippen LogP contribution in [0.1, 0.15) is 29.5 Å². The molecule has 0 aliphatic carbocycles. The van der Waals surface area contributed by atoms with Crippen LogP contribution in [-0.2, 0) is 17.5 Å². The van der Waals surface area contributed by atoms with Gasteiger partial charge >= 0.3 is 6.18 Å². The van der Waals surface area contributed by atoms with Crippen LogP contribution in [0.4, 0.5) is 19.0 Å². The van der Waals surface area contributed by atoms with E-state index in [9.17, 15) is 18.0 Å². The number of halogens is 3. The maximum absolute atomic E-state index is 12.6. The van der Waals surface area contributed by atoms with Crippen molar-refractivity contribution in [3.05, 3.63) is 59.3 Å². The third-order valence-corrected chi connectivity index (χ3v) is 4.92. The number of nitrogens with zero attached hydrogens (tertiary/aromatic N) is 1. The van der Waals surface area contributed by atoms with Gasteiger partial charge in [-0.1, -0.05) is 29.8 Å². The lowest BCUT2D eigenvalue weighted by atomic mass is 9.95. The highest BCUT2D eigenvalue weighted by molar-refractivity contribution is 5.78. The zero-order valence-electron chi connectivity index (χ0n) is 15.1. The molecule has 2 heterocycles. The molecule has 0 unspecified atom stereocenters. The Morgan fingerprint density at radius 3 is 2.37 bits per heavy atom. The molecule has 0 radical (unpaired) electrons. The summed E-state index contributed by atoms with van der Waals surface area (Å²) in [5, 5.41) is 2.98. The fourth-order valence-electron chi connectivity index (χ4n) is 3.21. The Morgan fingerprint density at radius 1 is 1.15 bits per heavy atom. The van der Waals surface area contributed by atoms with Crippen LogP contribution in [0.3, 0.4) is 0 Å². The standard InChI is InChI=1S/C20H22F3N3O/c1-14-2-4-15(5-3-14)12-25-19(27)16-8-10-26(11-9-16)18-7-6-17(13-24-18)20(21,22)23/h2-7,13,16H,8-12H2,1H3,(H,25,27)/p+1. The molecule has 0 bridgehead atoms. The molecule has 0 saturated carbocycles. The minimum atomic E-state index is -4.35. The zero-order valence-corrected chi connectivity index (χ0v) is 15.1. The van der Waals surface area contributed by atoms with Gasteiger partial charge in [0.2, 0.25) is 5.91 Å². The SMILES string of the molecule is Cc1ccc(CNC(=O)C2CCN(c3ccc(C(F)(F)F)c[nH+]3)CC2)cc1. The molecule has 0 atom stereocenters. The summed E-state index contributed by atoms with van der Waals surface area (Å²) >= 11 is 0. The van der Waals surface area contributed by atoms with E-state index in [0.717, 1.165) is 17.8 Å². The van der Waals surface area contributed by atoms with E-state index in [1.54, 1.807) is 0 Å². The van der Waals surface area contributed by atoms with Crippen molar-refractivity contribution >= 4 is 11.7 Å². The Morgan fingerprint density at radius 2 is 1.81 bits per heavy atom. The maximum atomic E-state index is 12.6. The van der Waals surface area contributed by atoms with Crippen molar-refractivity contribution in [2.75, 3.05) is 18.0 Å². The van der Waals surface area contributed by atoms with Gasteiger partial charge in [-0.15, -0.1) is 0 Å². The summed E-state index contributed by atoms with van der Waals surface area (Å²) in [6.45, 7) is 3.78. The second kappa shape index (κ2) is 7.98. The quantitative estimate of drug-likeness (QED) is 0.887. The number of piperidine rings is 1. The molecule has 1 aromatic heterocycles. The van der Waals surface area contributed by atoms with E-state index < -0.39 is 11.7 Å². The van der Waals surface area contributed by atoms with Gasteiger partial charge in [0.15, 0.2) is 0 Å². The summed E-state index contributed by atoms with van der Waals surface area (Å²) in [6, 6.07) is 10.5. The number of rotatable bonds is 4. The third-order valence-electron chi connectivity index (χ3n) is 4.92. The second-order valence-electron chi connectivity index (χ2n) is 6.93. The lowest BCUT2D eigenvalue weighted by Crippen LogP contribution is -2.42. The van der Waals surface area contributed by atoms with Gasteiger partial charge in [0.1, 0.15) is 6.20 Å². The van der Waals surface area contributed by atoms with Crippen molar-refractivity contribution in [2.45, 2.75) is 32.5 Å². The fourth-order valence-corrected chi connectivity index (χ4v) is 3.21. The first-order valence-electron chi connectivity index (χ1n) is 9.00. The molecule has 1 aliphatic heterocycles. The highest BCUT2D eigenvalue weighted by atomic mass is 19.4. The van der Waals surface area contributed by atoms with Gasteiger partial charge in [-0.3, -0.25) is 9.69 Å². The van der Waals surface area contributed by atoms with Crippen LogP contribution >= 0.6 is 0 Å². The molecule has 1 aromatic carbocycles. The molecule has 1 fully saturated rings. The van der Waals surface area contributed by atoms with Gasteiger partial charge in [0.05, 0.1) is 18.7 Å². The van der Waals surface area contributed by atoms with Crippen LogP contribution in [-0.4, -0.2) is 19.0 Å². The number of carbonyl (C=O) groups is 1. The molecule has 2 aromatic rings. The van der Waals surface area contributed by atoms with Gasteiger partial charge in [-0.05, 0) is 31.4 Å². The molecule has 1 saturated heterocycles. The Bertz CT molecular complexity index is 765. The topological polar surface area (TPSA) is 46.5 Å². The Labute approximate surface area is 156 Å². The van der Waals surface area contributed by atoms with Gasteiger partial charge in [-0.25, -0.2) is 4.98 Å². The molecule has 2 N–H and O–H groups in total. The van der Waals surface area contributed by atoms with Crippen molar-refractivity contribution in [2.24, 2.45) is 5.92 Å². The van der Waals surface area contributed by atoms with Crippen LogP contribution in [0.2, 0.25) is 0 Å². The first-order chi connectivity index (χ1) is 12.8. The number of hydrogen-bond donors (Lipinski definition) is 1. The number of nitrogens with one attached hydrogen (secondary N) is 2. The summed E-state index contributed by atoms with van der Waals surface area (Å²) in [6.07, 6.45) is -2.02. The van der Waals surface area contributed by atoms with E-state index in [4.69, 9.17) is 0 Å². The van der Waals surface area contributed by atoms with Gasteiger partial charge in [0, 0.05) is 18.5 Å². The number of hydrogen-bond acceptors (Lipinski definition) is 2. The number of aromatic nitrogens is 1. The van der Waals surface area contributed by atoms with Crippen molar-refractivity contribution in [3.63, 3.8) is 0 Å². The average Bonchev–Trinajstić information content (AvgIpc) is 2.67. The maximum Gasteiger partial charge on any atom is 0.419 e. The molecule has 4 nitrogen and oxygen atoms in total. The van der Waals surface area contributed by atoms with Crippen LogP contribution in [0.25, 0.3) is 0 Å².